The SMILES string of the molecule is CC(C)=C(C)c1cccc(C(O)=C2C(=O)C(C)(C)C(C)(C)C(C)(C)C2=O)c1. The number of rotatable bonds is 2. The van der Waals surface area contributed by atoms with Crippen molar-refractivity contribution in [2.24, 2.45) is 16.2 Å². The predicted molar refractivity (Wildman–Crippen MR) is 111 cm³/mol. The van der Waals surface area contributed by atoms with Gasteiger partial charge in [-0.1, -0.05) is 65.3 Å². The van der Waals surface area contributed by atoms with E-state index in [4.69, 9.17) is 0 Å². The molecule has 0 saturated heterocycles. The number of allylic oxidation sites excluding steroid dienone is 3. The van der Waals surface area contributed by atoms with Crippen LogP contribution in [0.4, 0.5) is 0 Å². The van der Waals surface area contributed by atoms with Crippen molar-refractivity contribution >= 4 is 22.9 Å². The third kappa shape index (κ3) is 2.97. The zero-order chi connectivity index (χ0) is 20.9. The minimum Gasteiger partial charge on any atom is -0.506 e. The first-order valence-electron chi connectivity index (χ1n) is 9.45. The molecule has 0 spiro atoms. The summed E-state index contributed by atoms with van der Waals surface area (Å²) in [6.07, 6.45) is 0. The van der Waals surface area contributed by atoms with E-state index >= 15 is 0 Å². The van der Waals surface area contributed by atoms with Crippen molar-refractivity contribution in [2.75, 3.05) is 0 Å². The van der Waals surface area contributed by atoms with E-state index in [1.807, 2.05) is 80.5 Å². The molecule has 0 bridgehead atoms. The molecule has 0 aromatic heterocycles. The van der Waals surface area contributed by atoms with E-state index in [9.17, 15) is 14.7 Å². The predicted octanol–water partition coefficient (Wildman–Crippen LogP) is 6.00. The van der Waals surface area contributed by atoms with E-state index < -0.39 is 16.2 Å². The number of ketones is 2. The number of hydrogen-bond acceptors (Lipinski definition) is 3. The fourth-order valence-electron chi connectivity index (χ4n) is 3.62. The van der Waals surface area contributed by atoms with Crippen LogP contribution in [0.15, 0.2) is 35.4 Å². The molecular weight excluding hydrogens is 336 g/mol. The number of aliphatic hydroxyl groups excluding tert-OH is 1. The first-order chi connectivity index (χ1) is 12.2. The molecule has 1 fully saturated rings. The van der Waals surface area contributed by atoms with Crippen molar-refractivity contribution in [3.63, 3.8) is 0 Å². The number of hydrogen-bond donors (Lipinski definition) is 1. The van der Waals surface area contributed by atoms with Gasteiger partial charge in [-0.15, -0.1) is 0 Å². The third-order valence-corrected chi connectivity index (χ3v) is 7.27. The molecular formula is C24H32O3. The fraction of sp³-hybridized carbons (Fsp3) is 0.500. The molecule has 2 rings (SSSR count). The molecule has 1 aliphatic carbocycles. The second-order valence-corrected chi connectivity index (χ2v) is 9.46. The maximum absolute atomic E-state index is 13.3. The van der Waals surface area contributed by atoms with Gasteiger partial charge in [0.05, 0.1) is 0 Å². The Hall–Kier alpha value is -2.16. The van der Waals surface area contributed by atoms with E-state index in [0.717, 1.165) is 11.1 Å². The van der Waals surface area contributed by atoms with Crippen molar-refractivity contribution in [3.05, 3.63) is 46.5 Å². The quantitative estimate of drug-likeness (QED) is 0.396. The highest BCUT2D eigenvalue weighted by Gasteiger charge is 2.61. The van der Waals surface area contributed by atoms with Crippen LogP contribution in [-0.2, 0) is 9.59 Å². The summed E-state index contributed by atoms with van der Waals surface area (Å²) in [7, 11) is 0. The summed E-state index contributed by atoms with van der Waals surface area (Å²) in [5.74, 6) is -0.803. The van der Waals surface area contributed by atoms with Crippen LogP contribution in [0, 0.1) is 16.2 Å². The Kier molecular flexibility index (Phi) is 5.07. The smallest absolute Gasteiger partial charge is 0.176 e. The highest BCUT2D eigenvalue weighted by Crippen LogP contribution is 2.58. The summed E-state index contributed by atoms with van der Waals surface area (Å²) in [6.45, 7) is 17.4. The van der Waals surface area contributed by atoms with Gasteiger partial charge in [0.25, 0.3) is 0 Å². The molecule has 0 amide bonds. The summed E-state index contributed by atoms with van der Waals surface area (Å²) in [5, 5.41) is 11.0. The van der Waals surface area contributed by atoms with Crippen LogP contribution in [-0.4, -0.2) is 16.7 Å². The zero-order valence-corrected chi connectivity index (χ0v) is 18.1. The largest absolute Gasteiger partial charge is 0.506 e. The average molecular weight is 369 g/mol. The van der Waals surface area contributed by atoms with Gasteiger partial charge in [0.1, 0.15) is 11.3 Å². The maximum Gasteiger partial charge on any atom is 0.176 e. The highest BCUT2D eigenvalue weighted by atomic mass is 16.3. The summed E-state index contributed by atoms with van der Waals surface area (Å²) >= 11 is 0. The van der Waals surface area contributed by atoms with Crippen LogP contribution in [0.2, 0.25) is 0 Å². The van der Waals surface area contributed by atoms with E-state index in [0.29, 0.717) is 5.56 Å². The Morgan fingerprint density at radius 2 is 1.26 bits per heavy atom. The van der Waals surface area contributed by atoms with Gasteiger partial charge in [0, 0.05) is 16.4 Å². The lowest BCUT2D eigenvalue weighted by Gasteiger charge is -2.54. The Labute approximate surface area is 163 Å². The lowest BCUT2D eigenvalue weighted by Crippen LogP contribution is -2.58. The lowest BCUT2D eigenvalue weighted by atomic mass is 9.47. The van der Waals surface area contributed by atoms with Gasteiger partial charge in [-0.2, -0.15) is 0 Å². The molecule has 1 aromatic rings. The zero-order valence-electron chi connectivity index (χ0n) is 18.1. The number of carbonyl (C=O) groups is 2. The highest BCUT2D eigenvalue weighted by molar-refractivity contribution is 6.29. The maximum atomic E-state index is 13.3. The van der Waals surface area contributed by atoms with E-state index in [1.165, 1.54) is 5.57 Å². The van der Waals surface area contributed by atoms with Crippen LogP contribution in [0.3, 0.4) is 0 Å². The van der Waals surface area contributed by atoms with Gasteiger partial charge in [-0.3, -0.25) is 9.59 Å². The molecule has 3 nitrogen and oxygen atoms in total. The van der Waals surface area contributed by atoms with Crippen LogP contribution in [0.5, 0.6) is 0 Å². The summed E-state index contributed by atoms with van der Waals surface area (Å²) in [5.41, 5.74) is 1.58. The van der Waals surface area contributed by atoms with E-state index in [1.54, 1.807) is 6.07 Å². The minimum atomic E-state index is -0.777. The summed E-state index contributed by atoms with van der Waals surface area (Å²) in [4.78, 5) is 26.5. The number of Topliss-reactive ketones (excluding diaryl/α,β-unsaturated/α-hetero) is 2. The molecule has 0 unspecified atom stereocenters. The van der Waals surface area contributed by atoms with Crippen LogP contribution < -0.4 is 0 Å². The summed E-state index contributed by atoms with van der Waals surface area (Å²) < 4.78 is 0. The standard InChI is InChI=1S/C24H32O3/c1-14(2)15(3)16-11-10-12-17(13-16)19(25)18-20(26)22(4,5)24(8,9)23(6,7)21(18)27/h10-13,25H,1-9H3. The monoisotopic (exact) mass is 368 g/mol. The minimum absolute atomic E-state index is 0.0728. The van der Waals surface area contributed by atoms with Crippen molar-refractivity contribution < 1.29 is 14.7 Å². The molecule has 0 atom stereocenters. The molecule has 27 heavy (non-hydrogen) atoms. The van der Waals surface area contributed by atoms with Gasteiger partial charge < -0.3 is 5.11 Å². The number of benzene rings is 1. The fourth-order valence-corrected chi connectivity index (χ4v) is 3.62. The molecule has 0 heterocycles. The molecule has 3 heteroatoms. The van der Waals surface area contributed by atoms with Crippen LogP contribution in [0.25, 0.3) is 11.3 Å². The van der Waals surface area contributed by atoms with Crippen molar-refractivity contribution in [2.45, 2.75) is 62.3 Å². The molecule has 1 aliphatic rings. The first-order valence-corrected chi connectivity index (χ1v) is 9.45. The molecule has 1 saturated carbocycles. The van der Waals surface area contributed by atoms with Gasteiger partial charge in [0.15, 0.2) is 11.6 Å². The second kappa shape index (κ2) is 6.47. The lowest BCUT2D eigenvalue weighted by molar-refractivity contribution is -0.153. The Morgan fingerprint density at radius 3 is 1.70 bits per heavy atom. The molecule has 0 radical (unpaired) electrons. The van der Waals surface area contributed by atoms with Gasteiger partial charge >= 0.3 is 0 Å². The molecule has 146 valence electrons. The van der Waals surface area contributed by atoms with E-state index in [-0.39, 0.29) is 22.9 Å². The number of aliphatic hydroxyl groups is 1. The van der Waals surface area contributed by atoms with Gasteiger partial charge in [-0.05, 0) is 43.4 Å². The second-order valence-electron chi connectivity index (χ2n) is 9.46. The van der Waals surface area contributed by atoms with Crippen molar-refractivity contribution in [3.8, 4) is 0 Å². The average Bonchev–Trinajstić information content (AvgIpc) is 2.59. The first kappa shape index (κ1) is 21.1. The normalized spacial score (nSPS) is 20.4. The van der Waals surface area contributed by atoms with Gasteiger partial charge in [-0.25, -0.2) is 0 Å². The molecule has 1 aromatic carbocycles. The van der Waals surface area contributed by atoms with Crippen LogP contribution >= 0.6 is 0 Å². The van der Waals surface area contributed by atoms with Crippen molar-refractivity contribution in [1.82, 2.24) is 0 Å². The molecule has 0 aliphatic heterocycles. The molecule has 1 N–H and O–H groups in total. The van der Waals surface area contributed by atoms with Crippen LogP contribution in [0.1, 0.15) is 73.4 Å². The Balaban J connectivity index is 2.73. The van der Waals surface area contributed by atoms with Crippen molar-refractivity contribution in [1.29, 1.82) is 0 Å². The topological polar surface area (TPSA) is 54.4 Å². The number of carbonyl (C=O) groups excluding carboxylic acids is 2. The third-order valence-electron chi connectivity index (χ3n) is 7.27. The Bertz CT molecular complexity index is 841. The van der Waals surface area contributed by atoms with E-state index in [2.05, 4.69) is 0 Å². The summed E-state index contributed by atoms with van der Waals surface area (Å²) in [6, 6.07) is 7.38. The van der Waals surface area contributed by atoms with Gasteiger partial charge in [0.2, 0.25) is 0 Å². The Morgan fingerprint density at radius 1 is 0.815 bits per heavy atom.